The molecule has 2 heteroatoms. The molecule has 1 heterocycles. The molecule has 0 bridgehead atoms. The SMILES string of the molecule is CCc1cc2cc(Cl)ccc2c(C)n1. The number of nitrogens with zero attached hydrogens (tertiary/aromatic N) is 1. The Morgan fingerprint density at radius 2 is 2.07 bits per heavy atom. The summed E-state index contributed by atoms with van der Waals surface area (Å²) in [5.41, 5.74) is 2.20. The first-order chi connectivity index (χ1) is 6.70. The average molecular weight is 206 g/mol. The molecule has 0 fully saturated rings. The van der Waals surface area contributed by atoms with Crippen LogP contribution in [0, 0.1) is 6.92 Å². The summed E-state index contributed by atoms with van der Waals surface area (Å²) in [6.45, 7) is 4.15. The topological polar surface area (TPSA) is 12.9 Å². The van der Waals surface area contributed by atoms with Crippen molar-refractivity contribution >= 4 is 22.4 Å². The van der Waals surface area contributed by atoms with E-state index in [9.17, 15) is 0 Å². The fourth-order valence-corrected chi connectivity index (χ4v) is 1.83. The van der Waals surface area contributed by atoms with Crippen LogP contribution in [0.25, 0.3) is 10.8 Å². The molecule has 0 aliphatic heterocycles. The number of hydrogen-bond donors (Lipinski definition) is 0. The summed E-state index contributed by atoms with van der Waals surface area (Å²) in [5.74, 6) is 0. The van der Waals surface area contributed by atoms with Gasteiger partial charge in [-0.1, -0.05) is 24.6 Å². The van der Waals surface area contributed by atoms with E-state index in [0.29, 0.717) is 0 Å². The number of pyridine rings is 1. The molecule has 0 N–H and O–H groups in total. The Hall–Kier alpha value is -1.08. The van der Waals surface area contributed by atoms with Crippen LogP contribution < -0.4 is 0 Å². The van der Waals surface area contributed by atoms with Crippen LogP contribution in [0.3, 0.4) is 0 Å². The second kappa shape index (κ2) is 3.58. The first-order valence-corrected chi connectivity index (χ1v) is 5.14. The lowest BCUT2D eigenvalue weighted by molar-refractivity contribution is 1.02. The van der Waals surface area contributed by atoms with E-state index in [1.807, 2.05) is 25.1 Å². The van der Waals surface area contributed by atoms with Gasteiger partial charge in [-0.05, 0) is 36.9 Å². The fourth-order valence-electron chi connectivity index (χ4n) is 1.65. The molecule has 0 aliphatic carbocycles. The molecule has 0 aliphatic rings. The smallest absolute Gasteiger partial charge is 0.0454 e. The van der Waals surface area contributed by atoms with Crippen molar-refractivity contribution in [2.24, 2.45) is 0 Å². The van der Waals surface area contributed by atoms with E-state index in [0.717, 1.165) is 22.8 Å². The van der Waals surface area contributed by atoms with Crippen molar-refractivity contribution in [3.63, 3.8) is 0 Å². The van der Waals surface area contributed by atoms with Gasteiger partial charge < -0.3 is 0 Å². The van der Waals surface area contributed by atoms with Crippen LogP contribution in [0.2, 0.25) is 5.02 Å². The van der Waals surface area contributed by atoms with Crippen LogP contribution in [-0.2, 0) is 6.42 Å². The minimum absolute atomic E-state index is 0.783. The summed E-state index contributed by atoms with van der Waals surface area (Å²) in [6, 6.07) is 8.03. The van der Waals surface area contributed by atoms with E-state index in [1.54, 1.807) is 0 Å². The monoisotopic (exact) mass is 205 g/mol. The molecular formula is C12H12ClN. The highest BCUT2D eigenvalue weighted by Crippen LogP contribution is 2.22. The van der Waals surface area contributed by atoms with Crippen LogP contribution in [-0.4, -0.2) is 4.98 Å². The van der Waals surface area contributed by atoms with Gasteiger partial charge in [0.15, 0.2) is 0 Å². The van der Waals surface area contributed by atoms with Crippen molar-refractivity contribution in [1.29, 1.82) is 0 Å². The molecule has 1 aromatic heterocycles. The summed E-state index contributed by atoms with van der Waals surface area (Å²) in [5, 5.41) is 3.15. The summed E-state index contributed by atoms with van der Waals surface area (Å²) in [6.07, 6.45) is 0.962. The van der Waals surface area contributed by atoms with Crippen LogP contribution in [0.1, 0.15) is 18.3 Å². The second-order valence-corrected chi connectivity index (χ2v) is 3.85. The maximum Gasteiger partial charge on any atom is 0.0454 e. The Kier molecular flexibility index (Phi) is 2.42. The van der Waals surface area contributed by atoms with Crippen molar-refractivity contribution in [2.45, 2.75) is 20.3 Å². The van der Waals surface area contributed by atoms with Gasteiger partial charge in [0.1, 0.15) is 0 Å². The lowest BCUT2D eigenvalue weighted by atomic mass is 10.1. The molecule has 0 saturated carbocycles. The first kappa shape index (κ1) is 9.47. The molecule has 72 valence electrons. The summed E-state index contributed by atoms with van der Waals surface area (Å²) in [4.78, 5) is 4.51. The molecule has 0 atom stereocenters. The highest BCUT2D eigenvalue weighted by Gasteiger charge is 2.01. The van der Waals surface area contributed by atoms with Crippen molar-refractivity contribution in [1.82, 2.24) is 4.98 Å². The van der Waals surface area contributed by atoms with E-state index in [2.05, 4.69) is 18.0 Å². The van der Waals surface area contributed by atoms with Crippen molar-refractivity contribution in [3.05, 3.63) is 40.7 Å². The largest absolute Gasteiger partial charge is 0.258 e. The van der Waals surface area contributed by atoms with Crippen LogP contribution in [0.15, 0.2) is 24.3 Å². The Labute approximate surface area is 88.7 Å². The van der Waals surface area contributed by atoms with Gasteiger partial charge in [0, 0.05) is 21.8 Å². The van der Waals surface area contributed by atoms with Gasteiger partial charge in [-0.25, -0.2) is 0 Å². The van der Waals surface area contributed by atoms with Gasteiger partial charge in [0.2, 0.25) is 0 Å². The number of rotatable bonds is 1. The summed E-state index contributed by atoms with van der Waals surface area (Å²) < 4.78 is 0. The zero-order valence-corrected chi connectivity index (χ0v) is 9.10. The van der Waals surface area contributed by atoms with Crippen LogP contribution in [0.4, 0.5) is 0 Å². The second-order valence-electron chi connectivity index (χ2n) is 3.42. The molecule has 2 aromatic rings. The molecule has 0 unspecified atom stereocenters. The van der Waals surface area contributed by atoms with Crippen LogP contribution in [0.5, 0.6) is 0 Å². The number of aryl methyl sites for hydroxylation is 2. The molecule has 2 rings (SSSR count). The van der Waals surface area contributed by atoms with Crippen LogP contribution >= 0.6 is 11.6 Å². The number of fused-ring (bicyclic) bond motifs is 1. The predicted molar refractivity (Wildman–Crippen MR) is 60.9 cm³/mol. The van der Waals surface area contributed by atoms with Gasteiger partial charge in [0.25, 0.3) is 0 Å². The van der Waals surface area contributed by atoms with Crippen molar-refractivity contribution in [3.8, 4) is 0 Å². The van der Waals surface area contributed by atoms with E-state index >= 15 is 0 Å². The maximum atomic E-state index is 5.95. The molecule has 0 spiro atoms. The predicted octanol–water partition coefficient (Wildman–Crippen LogP) is 3.76. The average Bonchev–Trinajstić information content (AvgIpc) is 2.16. The Balaban J connectivity index is 2.77. The molecule has 0 saturated heterocycles. The standard InChI is InChI=1S/C12H12ClN/c1-3-11-7-9-6-10(13)4-5-12(9)8(2)14-11/h4-7H,3H2,1-2H3. The van der Waals surface area contributed by atoms with Gasteiger partial charge in [-0.3, -0.25) is 4.98 Å². The fraction of sp³-hybridized carbons (Fsp3) is 0.250. The number of halogens is 1. The number of benzene rings is 1. The highest BCUT2D eigenvalue weighted by atomic mass is 35.5. The Bertz CT molecular complexity index is 477. The van der Waals surface area contributed by atoms with Gasteiger partial charge in [-0.15, -0.1) is 0 Å². The third-order valence-corrected chi connectivity index (χ3v) is 2.63. The number of hydrogen-bond acceptors (Lipinski definition) is 1. The lowest BCUT2D eigenvalue weighted by Gasteiger charge is -2.04. The Morgan fingerprint density at radius 3 is 2.79 bits per heavy atom. The van der Waals surface area contributed by atoms with E-state index in [-0.39, 0.29) is 0 Å². The molecular weight excluding hydrogens is 194 g/mol. The quantitative estimate of drug-likeness (QED) is 0.691. The molecule has 1 nitrogen and oxygen atoms in total. The van der Waals surface area contributed by atoms with E-state index in [4.69, 9.17) is 11.6 Å². The third kappa shape index (κ3) is 1.60. The normalized spacial score (nSPS) is 10.8. The minimum atomic E-state index is 0.783. The van der Waals surface area contributed by atoms with E-state index in [1.165, 1.54) is 10.8 Å². The zero-order chi connectivity index (χ0) is 10.1. The van der Waals surface area contributed by atoms with E-state index < -0.39 is 0 Å². The first-order valence-electron chi connectivity index (χ1n) is 4.76. The number of aromatic nitrogens is 1. The zero-order valence-electron chi connectivity index (χ0n) is 8.34. The summed E-state index contributed by atoms with van der Waals surface area (Å²) in [7, 11) is 0. The summed E-state index contributed by atoms with van der Waals surface area (Å²) >= 11 is 5.95. The van der Waals surface area contributed by atoms with Gasteiger partial charge >= 0.3 is 0 Å². The lowest BCUT2D eigenvalue weighted by Crippen LogP contribution is -1.91. The molecule has 14 heavy (non-hydrogen) atoms. The highest BCUT2D eigenvalue weighted by molar-refractivity contribution is 6.31. The van der Waals surface area contributed by atoms with Gasteiger partial charge in [0.05, 0.1) is 0 Å². The molecule has 0 radical (unpaired) electrons. The molecule has 0 amide bonds. The minimum Gasteiger partial charge on any atom is -0.258 e. The Morgan fingerprint density at radius 1 is 1.29 bits per heavy atom. The third-order valence-electron chi connectivity index (χ3n) is 2.40. The van der Waals surface area contributed by atoms with Crippen molar-refractivity contribution in [2.75, 3.05) is 0 Å². The molecule has 1 aromatic carbocycles. The van der Waals surface area contributed by atoms with Gasteiger partial charge in [-0.2, -0.15) is 0 Å². The maximum absolute atomic E-state index is 5.95. The van der Waals surface area contributed by atoms with Crippen molar-refractivity contribution < 1.29 is 0 Å².